The number of benzene rings is 1. The highest BCUT2D eigenvalue weighted by Crippen LogP contribution is 2.34. The van der Waals surface area contributed by atoms with Crippen LogP contribution in [0.4, 0.5) is 0 Å². The number of rotatable bonds is 3. The molecule has 0 aliphatic rings. The maximum Gasteiger partial charge on any atom is 0.200 e. The highest BCUT2D eigenvalue weighted by molar-refractivity contribution is 5.85. The first-order valence-corrected chi connectivity index (χ1v) is 4.08. The Morgan fingerprint density at radius 3 is 2.33 bits per heavy atom. The Kier molecular flexibility index (Phi) is 3.12. The van der Waals surface area contributed by atoms with E-state index < -0.39 is 17.2 Å². The lowest BCUT2D eigenvalue weighted by Crippen LogP contribution is -2.12. The maximum atomic E-state index is 9.15. The van der Waals surface area contributed by atoms with Crippen LogP contribution in [0.2, 0.25) is 0 Å². The molecule has 0 radical (unpaired) electrons. The molecule has 15 heavy (non-hydrogen) atoms. The summed E-state index contributed by atoms with van der Waals surface area (Å²) in [7, 11) is 0. The smallest absolute Gasteiger partial charge is 0.200 e. The fourth-order valence-corrected chi connectivity index (χ4v) is 0.949. The lowest BCUT2D eigenvalue weighted by molar-refractivity contribution is 0.368. The normalized spacial score (nSPS) is 10.7. The Morgan fingerprint density at radius 2 is 1.87 bits per heavy atom. The van der Waals surface area contributed by atoms with E-state index in [1.807, 2.05) is 0 Å². The number of hydrogen-bond acceptors (Lipinski definition) is 5. The summed E-state index contributed by atoms with van der Waals surface area (Å²) < 4.78 is 0. The van der Waals surface area contributed by atoms with E-state index in [-0.39, 0.29) is 12.4 Å². The number of nitrogens with zero attached hydrogens (tertiary/aromatic N) is 1. The predicted octanol–water partition coefficient (Wildman–Crippen LogP) is 0.158. The molecule has 6 nitrogen and oxygen atoms in total. The zero-order valence-corrected chi connectivity index (χ0v) is 7.81. The molecular formula is C9H11N3O3. The third-order valence-corrected chi connectivity index (χ3v) is 1.59. The van der Waals surface area contributed by atoms with Gasteiger partial charge in [-0.2, -0.15) is 0 Å². The van der Waals surface area contributed by atoms with E-state index >= 15 is 0 Å². The molecule has 6 heteroatoms. The fourth-order valence-electron chi connectivity index (χ4n) is 0.949. The number of phenolic OH excluding ortho intramolecular Hbond substituents is 3. The zero-order chi connectivity index (χ0) is 11.4. The van der Waals surface area contributed by atoms with Gasteiger partial charge >= 0.3 is 0 Å². The van der Waals surface area contributed by atoms with Crippen LogP contribution in [0.5, 0.6) is 17.2 Å². The Labute approximate surface area is 85.8 Å². The van der Waals surface area contributed by atoms with E-state index in [0.29, 0.717) is 5.56 Å². The molecule has 1 rings (SSSR count). The summed E-state index contributed by atoms with van der Waals surface area (Å²) in [6.07, 6.45) is 1.33. The van der Waals surface area contributed by atoms with Crippen molar-refractivity contribution in [3.63, 3.8) is 0 Å². The van der Waals surface area contributed by atoms with Crippen molar-refractivity contribution in [1.29, 1.82) is 5.41 Å². The summed E-state index contributed by atoms with van der Waals surface area (Å²) in [5.41, 5.74) is 5.48. The zero-order valence-electron chi connectivity index (χ0n) is 7.81. The lowest BCUT2D eigenvalue weighted by Gasteiger charge is -2.01. The third kappa shape index (κ3) is 2.87. The minimum absolute atomic E-state index is 0.0440. The van der Waals surface area contributed by atoms with Gasteiger partial charge in [-0.05, 0) is 17.7 Å². The van der Waals surface area contributed by atoms with Crippen LogP contribution in [0.1, 0.15) is 5.56 Å². The summed E-state index contributed by atoms with van der Waals surface area (Å²) in [5, 5.41) is 34.3. The van der Waals surface area contributed by atoms with E-state index in [0.717, 1.165) is 0 Å². The fraction of sp³-hybridized carbons (Fsp3) is 0.111. The lowest BCUT2D eigenvalue weighted by atomic mass is 10.2. The SMILES string of the molecule is N=C(N)CN=Cc1cc(O)c(O)c(O)c1. The number of hydrogen-bond donors (Lipinski definition) is 5. The average molecular weight is 209 g/mol. The largest absolute Gasteiger partial charge is 0.504 e. The van der Waals surface area contributed by atoms with E-state index in [2.05, 4.69) is 4.99 Å². The number of nitrogens with two attached hydrogens (primary N) is 1. The highest BCUT2D eigenvalue weighted by atomic mass is 16.3. The first kappa shape index (κ1) is 10.8. The highest BCUT2D eigenvalue weighted by Gasteiger charge is 2.06. The van der Waals surface area contributed by atoms with Crippen molar-refractivity contribution in [2.45, 2.75) is 0 Å². The van der Waals surface area contributed by atoms with Gasteiger partial charge in [-0.1, -0.05) is 0 Å². The van der Waals surface area contributed by atoms with E-state index in [4.69, 9.17) is 26.5 Å². The van der Waals surface area contributed by atoms with Gasteiger partial charge in [0.1, 0.15) is 5.84 Å². The van der Waals surface area contributed by atoms with E-state index in [1.165, 1.54) is 18.3 Å². The number of amidine groups is 1. The van der Waals surface area contributed by atoms with Gasteiger partial charge in [-0.25, -0.2) is 0 Å². The standard InChI is InChI=1S/C9H11N3O3/c10-8(11)4-12-3-5-1-6(13)9(15)7(14)2-5/h1-3,13-15H,4H2,(H3,10,11). The predicted molar refractivity (Wildman–Crippen MR) is 55.8 cm³/mol. The van der Waals surface area contributed by atoms with Gasteiger partial charge in [0.15, 0.2) is 17.2 Å². The third-order valence-electron chi connectivity index (χ3n) is 1.59. The molecule has 0 saturated heterocycles. The van der Waals surface area contributed by atoms with Crippen LogP contribution in [-0.2, 0) is 0 Å². The minimum Gasteiger partial charge on any atom is -0.504 e. The number of aromatic hydroxyl groups is 3. The van der Waals surface area contributed by atoms with Crippen LogP contribution >= 0.6 is 0 Å². The molecule has 0 atom stereocenters. The maximum absolute atomic E-state index is 9.15. The molecule has 0 bridgehead atoms. The van der Waals surface area contributed by atoms with Gasteiger partial charge in [0, 0.05) is 6.21 Å². The Hall–Kier alpha value is -2.24. The van der Waals surface area contributed by atoms with Gasteiger partial charge in [-0.3, -0.25) is 10.4 Å². The van der Waals surface area contributed by atoms with Gasteiger partial charge in [-0.15, -0.1) is 0 Å². The van der Waals surface area contributed by atoms with Crippen molar-refractivity contribution in [2.24, 2.45) is 10.7 Å². The molecule has 0 amide bonds. The molecule has 80 valence electrons. The molecule has 0 aliphatic carbocycles. The second kappa shape index (κ2) is 4.32. The van der Waals surface area contributed by atoms with Crippen molar-refractivity contribution in [2.75, 3.05) is 6.54 Å². The summed E-state index contributed by atoms with van der Waals surface area (Å²) in [4.78, 5) is 3.77. The first-order chi connectivity index (χ1) is 7.00. The summed E-state index contributed by atoms with van der Waals surface area (Å²) in [6.45, 7) is 0.0440. The monoisotopic (exact) mass is 209 g/mol. The summed E-state index contributed by atoms with van der Waals surface area (Å²) >= 11 is 0. The summed E-state index contributed by atoms with van der Waals surface area (Å²) in [6, 6.07) is 2.47. The molecule has 0 fully saturated rings. The first-order valence-electron chi connectivity index (χ1n) is 4.08. The van der Waals surface area contributed by atoms with Crippen LogP contribution in [0.25, 0.3) is 0 Å². The summed E-state index contributed by atoms with van der Waals surface area (Å²) in [5.74, 6) is -1.52. The van der Waals surface area contributed by atoms with Gasteiger partial charge in [0.25, 0.3) is 0 Å². The van der Waals surface area contributed by atoms with Gasteiger partial charge < -0.3 is 21.1 Å². The number of phenols is 3. The molecule has 0 aromatic heterocycles. The molecule has 6 N–H and O–H groups in total. The van der Waals surface area contributed by atoms with Crippen LogP contribution < -0.4 is 5.73 Å². The quantitative estimate of drug-likeness (QED) is 0.276. The van der Waals surface area contributed by atoms with Gasteiger partial charge in [0.2, 0.25) is 0 Å². The van der Waals surface area contributed by atoms with Crippen LogP contribution in [-0.4, -0.2) is 33.9 Å². The molecule has 1 aromatic carbocycles. The average Bonchev–Trinajstić information content (AvgIpc) is 2.13. The van der Waals surface area contributed by atoms with Crippen molar-refractivity contribution < 1.29 is 15.3 Å². The number of nitrogens with one attached hydrogen (secondary N) is 1. The van der Waals surface area contributed by atoms with Crippen molar-refractivity contribution >= 4 is 12.1 Å². The van der Waals surface area contributed by atoms with Crippen LogP contribution in [0.3, 0.4) is 0 Å². The topological polar surface area (TPSA) is 123 Å². The molecule has 0 aliphatic heterocycles. The second-order valence-corrected chi connectivity index (χ2v) is 2.90. The Bertz CT molecular complexity index is 392. The Morgan fingerprint density at radius 1 is 1.33 bits per heavy atom. The van der Waals surface area contributed by atoms with Crippen molar-refractivity contribution in [3.8, 4) is 17.2 Å². The minimum atomic E-state index is -0.571. The molecular weight excluding hydrogens is 198 g/mol. The molecule has 0 unspecified atom stereocenters. The van der Waals surface area contributed by atoms with Crippen LogP contribution in [0.15, 0.2) is 17.1 Å². The van der Waals surface area contributed by atoms with Crippen molar-refractivity contribution in [3.05, 3.63) is 17.7 Å². The van der Waals surface area contributed by atoms with Crippen LogP contribution in [0, 0.1) is 5.41 Å². The van der Waals surface area contributed by atoms with E-state index in [9.17, 15) is 0 Å². The molecule has 0 spiro atoms. The number of aliphatic imine (C=N–C) groups is 1. The second-order valence-electron chi connectivity index (χ2n) is 2.90. The molecule has 0 saturated carbocycles. The molecule has 0 heterocycles. The Balaban J connectivity index is 2.87. The molecule has 1 aromatic rings. The van der Waals surface area contributed by atoms with E-state index in [1.54, 1.807) is 0 Å². The van der Waals surface area contributed by atoms with Gasteiger partial charge in [0.05, 0.1) is 6.54 Å². The van der Waals surface area contributed by atoms with Crippen molar-refractivity contribution in [1.82, 2.24) is 0 Å².